The van der Waals surface area contributed by atoms with Gasteiger partial charge in [-0.05, 0) is 87.5 Å². The Labute approximate surface area is 283 Å². The molecule has 48 heavy (non-hydrogen) atoms. The summed E-state index contributed by atoms with van der Waals surface area (Å²) in [6, 6.07) is 15.6. The van der Waals surface area contributed by atoms with Gasteiger partial charge < -0.3 is 25.3 Å². The fourth-order valence-corrected chi connectivity index (χ4v) is 8.01. The van der Waals surface area contributed by atoms with Crippen LogP contribution in [0.4, 0.5) is 0 Å². The minimum Gasteiger partial charge on any atom is -0.404 e. The minimum absolute atomic E-state index is 0.0285. The Hall–Kier alpha value is -3.96. The van der Waals surface area contributed by atoms with Crippen LogP contribution in [0.1, 0.15) is 85.9 Å². The molecule has 3 saturated carbocycles. The summed E-state index contributed by atoms with van der Waals surface area (Å²) >= 11 is 0. The zero-order valence-corrected chi connectivity index (χ0v) is 29.1. The molecule has 1 aromatic heterocycles. The van der Waals surface area contributed by atoms with E-state index in [2.05, 4.69) is 55.7 Å². The molecule has 0 unspecified atom stereocenters. The fraction of sp³-hybridized carbons (Fsp3) is 0.514. The Kier molecular flexibility index (Phi) is 9.30. The Morgan fingerprint density at radius 3 is 2.35 bits per heavy atom. The van der Waals surface area contributed by atoms with Crippen molar-refractivity contribution in [1.82, 2.24) is 25.7 Å². The summed E-state index contributed by atoms with van der Waals surface area (Å²) in [6.07, 6.45) is 4.16. The molecule has 2 bridgehead atoms. The second kappa shape index (κ2) is 13.2. The van der Waals surface area contributed by atoms with Gasteiger partial charge in [0.1, 0.15) is 6.04 Å². The monoisotopic (exact) mass is 653 g/mol. The molecule has 6 atom stereocenters. The van der Waals surface area contributed by atoms with Crippen molar-refractivity contribution in [2.24, 2.45) is 23.2 Å². The number of para-hydroxylation sites is 1. The first-order chi connectivity index (χ1) is 22.8. The highest BCUT2D eigenvalue weighted by molar-refractivity contribution is 6.48. The molecule has 10 nitrogen and oxygen atoms in total. The van der Waals surface area contributed by atoms with E-state index in [0.29, 0.717) is 35.1 Å². The lowest BCUT2D eigenvalue weighted by Crippen LogP contribution is -2.65. The number of benzene rings is 2. The van der Waals surface area contributed by atoms with Crippen molar-refractivity contribution in [2.45, 2.75) is 91.4 Å². The van der Waals surface area contributed by atoms with Crippen molar-refractivity contribution >= 4 is 24.8 Å². The van der Waals surface area contributed by atoms with Crippen LogP contribution in [0.3, 0.4) is 0 Å². The Balaban J connectivity index is 1.21. The highest BCUT2D eigenvalue weighted by Gasteiger charge is 2.68. The molecule has 4 aliphatic rings. The third kappa shape index (κ3) is 6.42. The topological polar surface area (TPSA) is 124 Å². The van der Waals surface area contributed by atoms with Gasteiger partial charge in [-0.15, -0.1) is 0 Å². The summed E-state index contributed by atoms with van der Waals surface area (Å²) in [5.41, 5.74) is 3.05. The molecule has 2 heterocycles. The van der Waals surface area contributed by atoms with Crippen LogP contribution in [-0.2, 0) is 14.1 Å². The summed E-state index contributed by atoms with van der Waals surface area (Å²) in [5, 5.41) is 13.3. The summed E-state index contributed by atoms with van der Waals surface area (Å²) in [6.45, 7) is 14.6. The normalized spacial score (nSPS) is 25.1. The third-order valence-corrected chi connectivity index (χ3v) is 11.0. The van der Waals surface area contributed by atoms with E-state index in [1.54, 1.807) is 16.8 Å². The highest BCUT2D eigenvalue weighted by atomic mass is 16.7. The molecule has 3 amide bonds. The van der Waals surface area contributed by atoms with E-state index in [-0.39, 0.29) is 29.9 Å². The van der Waals surface area contributed by atoms with Crippen LogP contribution in [0.25, 0.3) is 5.69 Å². The van der Waals surface area contributed by atoms with Gasteiger partial charge >= 0.3 is 7.12 Å². The number of aromatic nitrogens is 2. The Morgan fingerprint density at radius 2 is 1.69 bits per heavy atom. The SMILES string of the molecule is Cc1ccc(C(=O)NC[C@H](NC(=O)c2cnn(-c3ccccc3)c2C)C(=O)N[C@@H](CC(C)C)B2O[C@@H]3C[C@H]4C[C@@H](C4(C)C)[C@]3(C)O2)cc1. The first kappa shape index (κ1) is 33.9. The van der Waals surface area contributed by atoms with E-state index in [9.17, 15) is 14.4 Å². The number of carbonyl (C=O) groups is 3. The molecule has 3 aliphatic carbocycles. The Morgan fingerprint density at radius 1 is 0.979 bits per heavy atom. The molecule has 0 spiro atoms. The molecule has 254 valence electrons. The highest BCUT2D eigenvalue weighted by Crippen LogP contribution is 2.65. The largest absolute Gasteiger partial charge is 0.481 e. The molecule has 1 saturated heterocycles. The van der Waals surface area contributed by atoms with Crippen molar-refractivity contribution < 1.29 is 23.7 Å². The van der Waals surface area contributed by atoms with E-state index in [0.717, 1.165) is 24.1 Å². The average molecular weight is 654 g/mol. The number of hydrogen-bond donors (Lipinski definition) is 3. The van der Waals surface area contributed by atoms with Crippen LogP contribution in [0.2, 0.25) is 0 Å². The van der Waals surface area contributed by atoms with Crippen LogP contribution in [0.15, 0.2) is 60.8 Å². The molecule has 3 aromatic rings. The van der Waals surface area contributed by atoms with Gasteiger partial charge in [-0.2, -0.15) is 5.10 Å². The lowest BCUT2D eigenvalue weighted by atomic mass is 9.43. The van der Waals surface area contributed by atoms with Gasteiger partial charge in [0, 0.05) is 12.1 Å². The van der Waals surface area contributed by atoms with Gasteiger partial charge in [0.15, 0.2) is 0 Å². The smallest absolute Gasteiger partial charge is 0.404 e. The number of aryl methyl sites for hydroxylation is 1. The maximum atomic E-state index is 14.1. The number of nitrogens with zero attached hydrogens (tertiary/aromatic N) is 2. The molecule has 4 fully saturated rings. The second-order valence-corrected chi connectivity index (χ2v) is 15.1. The number of carbonyl (C=O) groups excluding carboxylic acids is 3. The maximum Gasteiger partial charge on any atom is 0.481 e. The van der Waals surface area contributed by atoms with Crippen molar-refractivity contribution in [1.29, 1.82) is 0 Å². The predicted octanol–water partition coefficient (Wildman–Crippen LogP) is 4.82. The molecule has 1 aliphatic heterocycles. The van der Waals surface area contributed by atoms with Gasteiger partial charge in [0.2, 0.25) is 5.91 Å². The van der Waals surface area contributed by atoms with E-state index in [1.165, 1.54) is 6.20 Å². The van der Waals surface area contributed by atoms with Crippen LogP contribution < -0.4 is 16.0 Å². The lowest BCUT2D eigenvalue weighted by Gasteiger charge is -2.64. The number of rotatable bonds is 11. The first-order valence-electron chi connectivity index (χ1n) is 17.2. The third-order valence-electron chi connectivity index (χ3n) is 11.0. The number of nitrogens with one attached hydrogen (secondary N) is 3. The van der Waals surface area contributed by atoms with Gasteiger partial charge in [0.25, 0.3) is 11.8 Å². The number of amides is 3. The minimum atomic E-state index is -1.08. The molecule has 2 aromatic carbocycles. The number of hydrogen-bond acceptors (Lipinski definition) is 6. The van der Waals surface area contributed by atoms with Crippen molar-refractivity contribution in [2.75, 3.05) is 6.54 Å². The van der Waals surface area contributed by atoms with Gasteiger partial charge in [0.05, 0.1) is 40.8 Å². The second-order valence-electron chi connectivity index (χ2n) is 15.1. The van der Waals surface area contributed by atoms with E-state index in [1.807, 2.05) is 56.3 Å². The first-order valence-corrected chi connectivity index (χ1v) is 17.2. The molecule has 3 N–H and O–H groups in total. The predicted molar refractivity (Wildman–Crippen MR) is 185 cm³/mol. The summed E-state index contributed by atoms with van der Waals surface area (Å²) in [7, 11) is -0.619. The summed E-state index contributed by atoms with van der Waals surface area (Å²) < 4.78 is 15.0. The van der Waals surface area contributed by atoms with Gasteiger partial charge in [-0.25, -0.2) is 4.68 Å². The quantitative estimate of drug-likeness (QED) is 0.255. The summed E-state index contributed by atoms with van der Waals surface area (Å²) in [4.78, 5) is 40.9. The van der Waals surface area contributed by atoms with Crippen molar-refractivity contribution in [3.8, 4) is 5.69 Å². The van der Waals surface area contributed by atoms with Crippen LogP contribution >= 0.6 is 0 Å². The van der Waals surface area contributed by atoms with Crippen LogP contribution in [0, 0.1) is 37.0 Å². The Bertz CT molecular complexity index is 1660. The van der Waals surface area contributed by atoms with Crippen molar-refractivity contribution in [3.63, 3.8) is 0 Å². The lowest BCUT2D eigenvalue weighted by molar-refractivity contribution is -0.199. The van der Waals surface area contributed by atoms with Crippen LogP contribution in [0.5, 0.6) is 0 Å². The van der Waals surface area contributed by atoms with E-state index >= 15 is 0 Å². The van der Waals surface area contributed by atoms with Gasteiger partial charge in [-0.1, -0.05) is 63.6 Å². The molecular weight excluding hydrogens is 605 g/mol. The average Bonchev–Trinajstić information content (AvgIpc) is 3.62. The fourth-order valence-electron chi connectivity index (χ4n) is 8.01. The summed E-state index contributed by atoms with van der Waals surface area (Å²) in [5.74, 6) is -0.448. The van der Waals surface area contributed by atoms with Crippen LogP contribution in [-0.4, -0.2) is 64.9 Å². The molecule has 7 rings (SSSR count). The standard InChI is InChI=1S/C37H48BN5O5/c1-22(2)17-32(38-47-31-19-26-18-30(36(26,5)6)37(31,7)48-38)42-35(46)29(21-39-33(44)25-15-13-23(3)14-16-25)41-34(45)28-20-40-43(24(28)4)27-11-9-8-10-12-27/h8-16,20,22,26,29-32H,17-19,21H2,1-7H3,(H,39,44)(H,41,45)(H,42,46)/t26-,29+,30+,31-,32+,37+/m1/s1. The van der Waals surface area contributed by atoms with Gasteiger partial charge in [-0.3, -0.25) is 14.4 Å². The molecule has 0 radical (unpaired) electrons. The molecular formula is C37H48BN5O5. The zero-order valence-electron chi connectivity index (χ0n) is 29.1. The van der Waals surface area contributed by atoms with Crippen molar-refractivity contribution in [3.05, 3.63) is 83.2 Å². The molecule has 11 heteroatoms. The van der Waals surface area contributed by atoms with E-state index < -0.39 is 36.5 Å². The zero-order chi connectivity index (χ0) is 34.4. The van der Waals surface area contributed by atoms with E-state index in [4.69, 9.17) is 9.31 Å². The maximum absolute atomic E-state index is 14.1.